The number of benzene rings is 1. The molecule has 0 N–H and O–H groups in total. The van der Waals surface area contributed by atoms with Crippen molar-refractivity contribution < 1.29 is 12.8 Å². The number of halogens is 1. The Morgan fingerprint density at radius 1 is 1.43 bits per heavy atom. The standard InChI is InChI=1S/C7H4ClNO3S2/c8-14(10,11)7-9-6-4(12-7)2-1-3-5(6)13/h1-3,13H. The number of oxazole rings is 1. The van der Waals surface area contributed by atoms with E-state index in [0.29, 0.717) is 16.0 Å². The summed E-state index contributed by atoms with van der Waals surface area (Å²) in [4.78, 5) is 4.26. The molecule has 1 heterocycles. The Morgan fingerprint density at radius 2 is 2.14 bits per heavy atom. The highest BCUT2D eigenvalue weighted by Crippen LogP contribution is 2.25. The molecule has 1 aromatic carbocycles. The zero-order valence-electron chi connectivity index (χ0n) is 6.64. The smallest absolute Gasteiger partial charge is 0.332 e. The molecule has 7 heteroatoms. The van der Waals surface area contributed by atoms with Gasteiger partial charge in [-0.3, -0.25) is 0 Å². The van der Waals surface area contributed by atoms with Gasteiger partial charge < -0.3 is 4.42 Å². The molecule has 2 aromatic rings. The number of para-hydroxylation sites is 1. The summed E-state index contributed by atoms with van der Waals surface area (Å²) >= 11 is 4.10. The van der Waals surface area contributed by atoms with Crippen LogP contribution in [0.25, 0.3) is 11.1 Å². The Kier molecular flexibility index (Phi) is 2.21. The summed E-state index contributed by atoms with van der Waals surface area (Å²) in [6.45, 7) is 0. The molecule has 0 atom stereocenters. The van der Waals surface area contributed by atoms with E-state index in [0.717, 1.165) is 0 Å². The van der Waals surface area contributed by atoms with Gasteiger partial charge in [0.1, 0.15) is 5.52 Å². The van der Waals surface area contributed by atoms with Gasteiger partial charge in [-0.2, -0.15) is 4.98 Å². The quantitative estimate of drug-likeness (QED) is 0.621. The van der Waals surface area contributed by atoms with E-state index in [9.17, 15) is 8.42 Å². The summed E-state index contributed by atoms with van der Waals surface area (Å²) in [5.74, 6) is 0. The van der Waals surface area contributed by atoms with Crippen LogP contribution < -0.4 is 0 Å². The zero-order valence-corrected chi connectivity index (χ0v) is 9.10. The van der Waals surface area contributed by atoms with Crippen LogP contribution in [0.2, 0.25) is 0 Å². The van der Waals surface area contributed by atoms with Gasteiger partial charge in [-0.15, -0.1) is 12.6 Å². The maximum absolute atomic E-state index is 10.9. The third-order valence-electron chi connectivity index (χ3n) is 1.59. The van der Waals surface area contributed by atoms with Crippen molar-refractivity contribution in [3.05, 3.63) is 18.2 Å². The van der Waals surface area contributed by atoms with Gasteiger partial charge in [0, 0.05) is 15.6 Å². The second kappa shape index (κ2) is 3.15. The van der Waals surface area contributed by atoms with Crippen LogP contribution >= 0.6 is 23.3 Å². The molecule has 2 rings (SSSR count). The Bertz CT molecular complexity index is 590. The molecule has 0 saturated heterocycles. The van der Waals surface area contributed by atoms with E-state index >= 15 is 0 Å². The highest BCUT2D eigenvalue weighted by Gasteiger charge is 2.19. The third-order valence-corrected chi connectivity index (χ3v) is 2.94. The average Bonchev–Trinajstić information content (AvgIpc) is 2.48. The molecule has 0 unspecified atom stereocenters. The molecule has 14 heavy (non-hydrogen) atoms. The lowest BCUT2D eigenvalue weighted by Gasteiger charge is -1.87. The van der Waals surface area contributed by atoms with E-state index in [1.807, 2.05) is 0 Å². The number of hydrogen-bond acceptors (Lipinski definition) is 5. The molecule has 0 fully saturated rings. The number of aromatic nitrogens is 1. The lowest BCUT2D eigenvalue weighted by Crippen LogP contribution is -1.89. The largest absolute Gasteiger partial charge is 0.427 e. The first kappa shape index (κ1) is 9.82. The van der Waals surface area contributed by atoms with Crippen molar-refractivity contribution in [2.24, 2.45) is 0 Å². The molecule has 0 bridgehead atoms. The number of nitrogens with zero attached hydrogens (tertiary/aromatic N) is 1. The highest BCUT2D eigenvalue weighted by atomic mass is 35.7. The van der Waals surface area contributed by atoms with Gasteiger partial charge in [-0.1, -0.05) is 6.07 Å². The maximum atomic E-state index is 10.9. The van der Waals surface area contributed by atoms with E-state index < -0.39 is 14.3 Å². The Balaban J connectivity index is 2.81. The third kappa shape index (κ3) is 1.60. The first-order valence-electron chi connectivity index (χ1n) is 3.51. The van der Waals surface area contributed by atoms with Crippen molar-refractivity contribution in [2.45, 2.75) is 10.1 Å². The van der Waals surface area contributed by atoms with Gasteiger partial charge in [-0.25, -0.2) is 8.42 Å². The first-order valence-corrected chi connectivity index (χ1v) is 6.27. The molecule has 0 aliphatic heterocycles. The second-order valence-corrected chi connectivity index (χ2v) is 5.47. The Labute approximate surface area is 89.7 Å². The van der Waals surface area contributed by atoms with Gasteiger partial charge in [0.15, 0.2) is 5.58 Å². The van der Waals surface area contributed by atoms with Crippen molar-refractivity contribution in [2.75, 3.05) is 0 Å². The predicted octanol–water partition coefficient (Wildman–Crippen LogP) is 2.04. The fourth-order valence-corrected chi connectivity index (χ4v) is 1.85. The summed E-state index contributed by atoms with van der Waals surface area (Å²) in [5.41, 5.74) is 0.729. The molecule has 4 nitrogen and oxygen atoms in total. The van der Waals surface area contributed by atoms with Gasteiger partial charge in [-0.05, 0) is 12.1 Å². The predicted molar refractivity (Wildman–Crippen MR) is 54.3 cm³/mol. The van der Waals surface area contributed by atoms with Crippen LogP contribution in [-0.4, -0.2) is 13.4 Å². The maximum Gasteiger partial charge on any atom is 0.332 e. The summed E-state index contributed by atoms with van der Waals surface area (Å²) in [5, 5.41) is -0.504. The van der Waals surface area contributed by atoms with E-state index in [4.69, 9.17) is 15.1 Å². The normalized spacial score (nSPS) is 12.1. The molecule has 1 aromatic heterocycles. The van der Waals surface area contributed by atoms with Crippen LogP contribution in [0.4, 0.5) is 0 Å². The number of thiol groups is 1. The number of hydrogen-bond donors (Lipinski definition) is 1. The van der Waals surface area contributed by atoms with Gasteiger partial charge in [0.2, 0.25) is 0 Å². The molecular weight excluding hydrogens is 246 g/mol. The minimum absolute atomic E-state index is 0.344. The Hall–Kier alpha value is -0.720. The van der Waals surface area contributed by atoms with E-state index in [1.54, 1.807) is 18.2 Å². The molecule has 0 aliphatic carbocycles. The zero-order chi connectivity index (χ0) is 10.3. The minimum Gasteiger partial charge on any atom is -0.427 e. The van der Waals surface area contributed by atoms with Gasteiger partial charge >= 0.3 is 14.3 Å². The SMILES string of the molecule is O=S(=O)(Cl)c1nc2c(S)cccc2o1. The second-order valence-electron chi connectivity index (χ2n) is 2.54. The molecule has 74 valence electrons. The van der Waals surface area contributed by atoms with Crippen molar-refractivity contribution in [3.8, 4) is 0 Å². The van der Waals surface area contributed by atoms with Crippen LogP contribution in [0.1, 0.15) is 0 Å². The fourth-order valence-electron chi connectivity index (χ4n) is 1.02. The van der Waals surface area contributed by atoms with Crippen LogP contribution in [0, 0.1) is 0 Å². The molecule has 0 aliphatic rings. The van der Waals surface area contributed by atoms with Crippen LogP contribution in [-0.2, 0) is 9.05 Å². The van der Waals surface area contributed by atoms with Gasteiger partial charge in [0.05, 0.1) is 0 Å². The molecular formula is C7H4ClNO3S2. The van der Waals surface area contributed by atoms with Crippen molar-refractivity contribution in [1.82, 2.24) is 4.98 Å². The van der Waals surface area contributed by atoms with Crippen molar-refractivity contribution >= 4 is 43.5 Å². The fraction of sp³-hybridized carbons (Fsp3) is 0. The first-order chi connectivity index (χ1) is 6.48. The summed E-state index contributed by atoms with van der Waals surface area (Å²) in [7, 11) is 1.15. The lowest BCUT2D eigenvalue weighted by molar-refractivity contribution is 0.464. The van der Waals surface area contributed by atoms with Crippen LogP contribution in [0.3, 0.4) is 0 Å². The highest BCUT2D eigenvalue weighted by molar-refractivity contribution is 8.13. The summed E-state index contributed by atoms with van der Waals surface area (Å²) in [6, 6.07) is 4.95. The van der Waals surface area contributed by atoms with E-state index in [-0.39, 0.29) is 0 Å². The molecule has 0 radical (unpaired) electrons. The molecule has 0 amide bonds. The van der Waals surface area contributed by atoms with Crippen molar-refractivity contribution in [1.29, 1.82) is 0 Å². The van der Waals surface area contributed by atoms with E-state index in [1.165, 1.54) is 0 Å². The van der Waals surface area contributed by atoms with Gasteiger partial charge in [0.25, 0.3) is 0 Å². The van der Waals surface area contributed by atoms with Crippen LogP contribution in [0.15, 0.2) is 32.7 Å². The van der Waals surface area contributed by atoms with Crippen LogP contribution in [0.5, 0.6) is 0 Å². The molecule has 0 spiro atoms. The topological polar surface area (TPSA) is 60.2 Å². The average molecular weight is 250 g/mol. The van der Waals surface area contributed by atoms with E-state index in [2.05, 4.69) is 17.6 Å². The number of rotatable bonds is 1. The molecule has 0 saturated carbocycles. The summed E-state index contributed by atoms with van der Waals surface area (Å²) < 4.78 is 26.7. The Morgan fingerprint density at radius 3 is 2.71 bits per heavy atom. The summed E-state index contributed by atoms with van der Waals surface area (Å²) in [6.07, 6.45) is 0. The van der Waals surface area contributed by atoms with Crippen molar-refractivity contribution in [3.63, 3.8) is 0 Å². The monoisotopic (exact) mass is 249 g/mol. The number of fused-ring (bicyclic) bond motifs is 1. The minimum atomic E-state index is -3.92. The lowest BCUT2D eigenvalue weighted by atomic mass is 10.3.